The van der Waals surface area contributed by atoms with Crippen LogP contribution in [0.2, 0.25) is 0 Å². The van der Waals surface area contributed by atoms with Crippen LogP contribution in [0.1, 0.15) is 44.6 Å². The Kier molecular flexibility index (Phi) is 2.75. The number of benzene rings is 1. The van der Waals surface area contributed by atoms with Crippen molar-refractivity contribution in [1.82, 2.24) is 0 Å². The lowest BCUT2D eigenvalue weighted by Crippen LogP contribution is -2.31. The van der Waals surface area contributed by atoms with Gasteiger partial charge in [-0.05, 0) is 36.5 Å². The number of ketones is 1. The lowest BCUT2D eigenvalue weighted by molar-refractivity contribution is -0.129. The molecule has 1 atom stereocenters. The molecular weight excluding hydrogens is 200 g/mol. The maximum absolute atomic E-state index is 11.9. The van der Waals surface area contributed by atoms with Crippen molar-refractivity contribution < 1.29 is 9.90 Å². The minimum atomic E-state index is -0.145. The minimum Gasteiger partial charge on any atom is -0.508 e. The van der Waals surface area contributed by atoms with E-state index in [9.17, 15) is 9.90 Å². The summed E-state index contributed by atoms with van der Waals surface area (Å²) in [6, 6.07) is 7.23. The van der Waals surface area contributed by atoms with Crippen molar-refractivity contribution >= 4 is 5.78 Å². The Morgan fingerprint density at radius 3 is 2.44 bits per heavy atom. The first-order valence-corrected chi connectivity index (χ1v) is 5.81. The maximum Gasteiger partial charge on any atom is 0.139 e. The van der Waals surface area contributed by atoms with Gasteiger partial charge in [0.1, 0.15) is 11.5 Å². The SMILES string of the molecule is CC1(C)CCC(c2ccc(O)cc2)CC1=O. The predicted octanol–water partition coefficient (Wildman–Crippen LogP) is 3.26. The summed E-state index contributed by atoms with van der Waals surface area (Å²) in [5, 5.41) is 9.22. The molecule has 1 aliphatic carbocycles. The van der Waals surface area contributed by atoms with Gasteiger partial charge in [0.25, 0.3) is 0 Å². The third-order valence-corrected chi connectivity index (χ3v) is 3.67. The van der Waals surface area contributed by atoms with Crippen molar-refractivity contribution in [1.29, 1.82) is 0 Å². The van der Waals surface area contributed by atoms with E-state index in [-0.39, 0.29) is 11.2 Å². The maximum atomic E-state index is 11.9. The molecule has 0 spiro atoms. The second-order valence-electron chi connectivity index (χ2n) is 5.34. The highest BCUT2D eigenvalue weighted by Gasteiger charge is 2.35. The molecule has 86 valence electrons. The molecule has 0 amide bonds. The largest absolute Gasteiger partial charge is 0.508 e. The Morgan fingerprint density at radius 2 is 1.88 bits per heavy atom. The Labute approximate surface area is 96.3 Å². The van der Waals surface area contributed by atoms with Crippen LogP contribution >= 0.6 is 0 Å². The average molecular weight is 218 g/mol. The molecule has 1 aliphatic rings. The van der Waals surface area contributed by atoms with Crippen LogP contribution in [0.3, 0.4) is 0 Å². The highest BCUT2D eigenvalue weighted by molar-refractivity contribution is 5.85. The molecule has 0 radical (unpaired) electrons. The first kappa shape index (κ1) is 11.2. The average Bonchev–Trinajstić information content (AvgIpc) is 2.24. The lowest BCUT2D eigenvalue weighted by Gasteiger charge is -2.33. The summed E-state index contributed by atoms with van der Waals surface area (Å²) in [5.74, 6) is 0.976. The van der Waals surface area contributed by atoms with E-state index in [2.05, 4.69) is 0 Å². The number of Topliss-reactive ketones (excluding diaryl/α,β-unsaturated/α-hetero) is 1. The normalized spacial score (nSPS) is 24.4. The molecule has 0 aromatic heterocycles. The van der Waals surface area contributed by atoms with Crippen LogP contribution in [0.4, 0.5) is 0 Å². The monoisotopic (exact) mass is 218 g/mol. The third-order valence-electron chi connectivity index (χ3n) is 3.67. The summed E-state index contributed by atoms with van der Waals surface area (Å²) in [4.78, 5) is 11.9. The molecule has 16 heavy (non-hydrogen) atoms. The fourth-order valence-corrected chi connectivity index (χ4v) is 2.31. The standard InChI is InChI=1S/C14H18O2/c1-14(2)8-7-11(9-13(14)16)10-3-5-12(15)6-4-10/h3-6,11,15H,7-9H2,1-2H3. The van der Waals surface area contributed by atoms with Crippen LogP contribution in [-0.4, -0.2) is 10.9 Å². The number of carbonyl (C=O) groups excluding carboxylic acids is 1. The molecule has 1 unspecified atom stereocenters. The van der Waals surface area contributed by atoms with Crippen molar-refractivity contribution in [3.05, 3.63) is 29.8 Å². The number of rotatable bonds is 1. The van der Waals surface area contributed by atoms with E-state index < -0.39 is 0 Å². The first-order valence-electron chi connectivity index (χ1n) is 5.81. The van der Waals surface area contributed by atoms with Gasteiger partial charge in [0, 0.05) is 11.8 Å². The van der Waals surface area contributed by atoms with E-state index in [0.29, 0.717) is 18.1 Å². The van der Waals surface area contributed by atoms with E-state index in [1.807, 2.05) is 26.0 Å². The van der Waals surface area contributed by atoms with Crippen LogP contribution in [0.15, 0.2) is 24.3 Å². The van der Waals surface area contributed by atoms with Gasteiger partial charge >= 0.3 is 0 Å². The highest BCUT2D eigenvalue weighted by atomic mass is 16.3. The zero-order valence-corrected chi connectivity index (χ0v) is 9.86. The Hall–Kier alpha value is -1.31. The van der Waals surface area contributed by atoms with Gasteiger partial charge in [-0.1, -0.05) is 26.0 Å². The highest BCUT2D eigenvalue weighted by Crippen LogP contribution is 2.40. The Bertz CT molecular complexity index is 390. The molecule has 0 saturated heterocycles. The van der Waals surface area contributed by atoms with Gasteiger partial charge in [-0.2, -0.15) is 0 Å². The van der Waals surface area contributed by atoms with Gasteiger partial charge in [-0.3, -0.25) is 4.79 Å². The number of phenolic OH excluding ortho intramolecular Hbond substituents is 1. The van der Waals surface area contributed by atoms with E-state index in [4.69, 9.17) is 0 Å². The molecule has 0 aliphatic heterocycles. The quantitative estimate of drug-likeness (QED) is 0.785. The van der Waals surface area contributed by atoms with Crippen molar-refractivity contribution in [3.8, 4) is 5.75 Å². The second kappa shape index (κ2) is 3.93. The Balaban J connectivity index is 2.14. The number of hydrogen-bond donors (Lipinski definition) is 1. The molecule has 2 rings (SSSR count). The van der Waals surface area contributed by atoms with Crippen LogP contribution < -0.4 is 0 Å². The topological polar surface area (TPSA) is 37.3 Å². The van der Waals surface area contributed by atoms with E-state index in [0.717, 1.165) is 12.8 Å². The van der Waals surface area contributed by atoms with Crippen LogP contribution in [0.25, 0.3) is 0 Å². The molecule has 1 aromatic carbocycles. The van der Waals surface area contributed by atoms with Gasteiger partial charge in [0.05, 0.1) is 0 Å². The summed E-state index contributed by atoms with van der Waals surface area (Å²) < 4.78 is 0. The van der Waals surface area contributed by atoms with Crippen molar-refractivity contribution in [2.24, 2.45) is 5.41 Å². The first-order chi connectivity index (χ1) is 7.49. The molecular formula is C14H18O2. The van der Waals surface area contributed by atoms with E-state index in [1.165, 1.54) is 5.56 Å². The zero-order valence-electron chi connectivity index (χ0n) is 9.86. The van der Waals surface area contributed by atoms with Gasteiger partial charge < -0.3 is 5.11 Å². The summed E-state index contributed by atoms with van der Waals surface area (Å²) in [5.41, 5.74) is 1.02. The zero-order chi connectivity index (χ0) is 11.8. The van der Waals surface area contributed by atoms with Gasteiger partial charge in [-0.25, -0.2) is 0 Å². The van der Waals surface area contributed by atoms with Crippen molar-refractivity contribution in [3.63, 3.8) is 0 Å². The molecule has 1 saturated carbocycles. The van der Waals surface area contributed by atoms with Crippen molar-refractivity contribution in [2.45, 2.75) is 39.0 Å². The molecule has 1 aromatic rings. The second-order valence-corrected chi connectivity index (χ2v) is 5.34. The number of aromatic hydroxyl groups is 1. The van der Waals surface area contributed by atoms with Crippen LogP contribution in [0, 0.1) is 5.41 Å². The Morgan fingerprint density at radius 1 is 1.25 bits per heavy atom. The van der Waals surface area contributed by atoms with Gasteiger partial charge in [-0.15, -0.1) is 0 Å². The lowest BCUT2D eigenvalue weighted by atomic mass is 9.70. The van der Waals surface area contributed by atoms with Crippen molar-refractivity contribution in [2.75, 3.05) is 0 Å². The van der Waals surface area contributed by atoms with Gasteiger partial charge in [0.15, 0.2) is 0 Å². The molecule has 1 fully saturated rings. The summed E-state index contributed by atoms with van der Waals surface area (Å²) in [6.07, 6.45) is 2.65. The number of carbonyl (C=O) groups is 1. The predicted molar refractivity (Wildman–Crippen MR) is 63.5 cm³/mol. The fourth-order valence-electron chi connectivity index (χ4n) is 2.31. The van der Waals surface area contributed by atoms with Crippen LogP contribution in [0.5, 0.6) is 5.75 Å². The summed E-state index contributed by atoms with van der Waals surface area (Å²) in [7, 11) is 0. The molecule has 0 heterocycles. The summed E-state index contributed by atoms with van der Waals surface area (Å²) in [6.45, 7) is 4.06. The number of hydrogen-bond acceptors (Lipinski definition) is 2. The van der Waals surface area contributed by atoms with E-state index in [1.54, 1.807) is 12.1 Å². The molecule has 1 N–H and O–H groups in total. The fraction of sp³-hybridized carbons (Fsp3) is 0.500. The minimum absolute atomic E-state index is 0.145. The van der Waals surface area contributed by atoms with Crippen LogP contribution in [-0.2, 0) is 4.79 Å². The van der Waals surface area contributed by atoms with E-state index >= 15 is 0 Å². The summed E-state index contributed by atoms with van der Waals surface area (Å²) >= 11 is 0. The molecule has 0 bridgehead atoms. The third kappa shape index (κ3) is 2.11. The van der Waals surface area contributed by atoms with Gasteiger partial charge in [0.2, 0.25) is 0 Å². The number of phenols is 1. The smallest absolute Gasteiger partial charge is 0.139 e. The molecule has 2 heteroatoms. The molecule has 2 nitrogen and oxygen atoms in total.